The Balaban J connectivity index is 2.98. The molecule has 8 heteroatoms. The average Bonchev–Trinajstić information content (AvgIpc) is 2.17. The predicted molar refractivity (Wildman–Crippen MR) is 46.2 cm³/mol. The molecule has 1 nitrogen and oxygen atoms in total. The van der Waals surface area contributed by atoms with Gasteiger partial charge in [-0.2, -0.15) is 26.3 Å². The number of Topliss-reactive ketones (excluding diaryl/α,β-unsaturated/α-hetero) is 1. The number of benzene rings is 1. The van der Waals surface area contributed by atoms with Crippen molar-refractivity contribution in [2.24, 2.45) is 0 Å². The molecular formula is C10H5F7O. The van der Waals surface area contributed by atoms with E-state index in [1.54, 1.807) is 0 Å². The molecule has 0 N–H and O–H groups in total. The first-order valence-electron chi connectivity index (χ1n) is 4.47. The topological polar surface area (TPSA) is 17.1 Å². The Labute approximate surface area is 96.2 Å². The Morgan fingerprint density at radius 2 is 1.61 bits per heavy atom. The molecule has 0 atom stereocenters. The summed E-state index contributed by atoms with van der Waals surface area (Å²) in [5, 5.41) is 0. The molecule has 1 aromatic rings. The lowest BCUT2D eigenvalue weighted by Gasteiger charge is -2.09. The molecule has 1 rings (SSSR count). The third-order valence-corrected chi connectivity index (χ3v) is 2.05. The zero-order valence-electron chi connectivity index (χ0n) is 8.49. The Morgan fingerprint density at radius 3 is 2.00 bits per heavy atom. The van der Waals surface area contributed by atoms with Gasteiger partial charge in [0.1, 0.15) is 5.82 Å². The lowest BCUT2D eigenvalue weighted by molar-refractivity contribution is -0.170. The van der Waals surface area contributed by atoms with E-state index in [0.717, 1.165) is 0 Å². The summed E-state index contributed by atoms with van der Waals surface area (Å²) < 4.78 is 85.2. The monoisotopic (exact) mass is 274 g/mol. The maximum atomic E-state index is 13.1. The van der Waals surface area contributed by atoms with Crippen LogP contribution in [-0.4, -0.2) is 12.0 Å². The van der Waals surface area contributed by atoms with Crippen molar-refractivity contribution in [2.45, 2.75) is 18.8 Å². The zero-order valence-corrected chi connectivity index (χ0v) is 8.49. The summed E-state index contributed by atoms with van der Waals surface area (Å²) in [5.41, 5.74) is -2.06. The van der Waals surface area contributed by atoms with Crippen LogP contribution in [0.3, 0.4) is 0 Å². The van der Waals surface area contributed by atoms with Crippen molar-refractivity contribution in [3.8, 4) is 0 Å². The highest BCUT2D eigenvalue weighted by molar-refractivity contribution is 5.86. The van der Waals surface area contributed by atoms with Gasteiger partial charge in [0.15, 0.2) is 0 Å². The molecule has 18 heavy (non-hydrogen) atoms. The summed E-state index contributed by atoms with van der Waals surface area (Å²) in [5.74, 6) is -3.72. The number of ketones is 1. The van der Waals surface area contributed by atoms with Gasteiger partial charge in [0.05, 0.1) is 5.56 Å². The van der Waals surface area contributed by atoms with Gasteiger partial charge in [0.2, 0.25) is 5.78 Å². The van der Waals surface area contributed by atoms with Gasteiger partial charge in [-0.25, -0.2) is 4.39 Å². The lowest BCUT2D eigenvalue weighted by Crippen LogP contribution is -2.25. The molecule has 0 unspecified atom stereocenters. The lowest BCUT2D eigenvalue weighted by atomic mass is 10.1. The fraction of sp³-hybridized carbons (Fsp3) is 0.300. The molecule has 0 heterocycles. The number of hydrogen-bond acceptors (Lipinski definition) is 1. The number of alkyl halides is 6. The predicted octanol–water partition coefficient (Wildman–Crippen LogP) is 3.52. The second kappa shape index (κ2) is 4.58. The molecule has 0 saturated carbocycles. The minimum absolute atomic E-state index is 0.0546. The quantitative estimate of drug-likeness (QED) is 0.754. The maximum Gasteiger partial charge on any atom is 0.450 e. The van der Waals surface area contributed by atoms with Gasteiger partial charge in [-0.15, -0.1) is 0 Å². The smallest absolute Gasteiger partial charge is 0.289 e. The molecule has 0 fully saturated rings. The van der Waals surface area contributed by atoms with E-state index in [0.29, 0.717) is 12.1 Å². The van der Waals surface area contributed by atoms with Crippen LogP contribution in [0.4, 0.5) is 30.7 Å². The third-order valence-electron chi connectivity index (χ3n) is 2.05. The van der Waals surface area contributed by atoms with Crippen LogP contribution in [0.15, 0.2) is 18.2 Å². The molecule has 0 aliphatic carbocycles. The fourth-order valence-electron chi connectivity index (χ4n) is 1.14. The Bertz CT molecular complexity index is 458. The molecule has 0 amide bonds. The highest BCUT2D eigenvalue weighted by Gasteiger charge is 2.38. The number of carbonyl (C=O) groups is 1. The van der Waals surface area contributed by atoms with Crippen LogP contribution in [0.2, 0.25) is 0 Å². The molecule has 0 aromatic heterocycles. The third kappa shape index (κ3) is 3.44. The van der Waals surface area contributed by atoms with Gasteiger partial charge in [-0.05, 0) is 17.7 Å². The normalized spacial score (nSPS) is 12.6. The van der Waals surface area contributed by atoms with E-state index in [1.165, 1.54) is 0 Å². The van der Waals surface area contributed by atoms with E-state index in [1.807, 2.05) is 0 Å². The van der Waals surface area contributed by atoms with Crippen LogP contribution in [0.1, 0.15) is 11.1 Å². The Kier molecular flexibility index (Phi) is 3.68. The van der Waals surface area contributed by atoms with Crippen LogP contribution in [0.5, 0.6) is 0 Å². The van der Waals surface area contributed by atoms with Gasteiger partial charge in [0, 0.05) is 6.42 Å². The van der Waals surface area contributed by atoms with Gasteiger partial charge in [-0.1, -0.05) is 6.07 Å². The van der Waals surface area contributed by atoms with E-state index in [-0.39, 0.29) is 6.07 Å². The molecule has 0 bridgehead atoms. The van der Waals surface area contributed by atoms with Crippen molar-refractivity contribution >= 4 is 5.78 Å². The standard InChI is InChI=1S/C10H5F7O/c11-7-4-6(9(12,13)14)2-1-5(7)3-8(18)10(15,16)17/h1-2,4H,3H2. The van der Waals surface area contributed by atoms with Crippen molar-refractivity contribution < 1.29 is 35.5 Å². The van der Waals surface area contributed by atoms with Crippen molar-refractivity contribution in [1.82, 2.24) is 0 Å². The summed E-state index contributed by atoms with van der Waals surface area (Å²) in [6.07, 6.45) is -11.3. The molecule has 0 radical (unpaired) electrons. The average molecular weight is 274 g/mol. The highest BCUT2D eigenvalue weighted by atomic mass is 19.4. The summed E-state index contributed by atoms with van der Waals surface area (Å²) in [4.78, 5) is 10.6. The van der Waals surface area contributed by atoms with Crippen LogP contribution in [0, 0.1) is 5.82 Å². The number of carbonyl (C=O) groups excluding carboxylic acids is 1. The van der Waals surface area contributed by atoms with Crippen LogP contribution in [-0.2, 0) is 17.4 Å². The van der Waals surface area contributed by atoms with Crippen LogP contribution in [0.25, 0.3) is 0 Å². The summed E-state index contributed by atoms with van der Waals surface area (Å²) in [6.45, 7) is 0. The summed E-state index contributed by atoms with van der Waals surface area (Å²) in [6, 6.07) is 0.989. The molecule has 0 aliphatic heterocycles. The molecular weight excluding hydrogens is 269 g/mol. The molecule has 1 aromatic carbocycles. The zero-order chi connectivity index (χ0) is 14.1. The first-order chi connectivity index (χ1) is 8.01. The van der Waals surface area contributed by atoms with E-state index < -0.39 is 41.5 Å². The van der Waals surface area contributed by atoms with Crippen molar-refractivity contribution in [3.63, 3.8) is 0 Å². The SMILES string of the molecule is O=C(Cc1ccc(C(F)(F)F)cc1F)C(F)(F)F. The number of hydrogen-bond donors (Lipinski definition) is 0. The van der Waals surface area contributed by atoms with Crippen molar-refractivity contribution in [3.05, 3.63) is 35.1 Å². The number of halogens is 7. The van der Waals surface area contributed by atoms with E-state index in [4.69, 9.17) is 0 Å². The van der Waals surface area contributed by atoms with Crippen molar-refractivity contribution in [2.75, 3.05) is 0 Å². The minimum atomic E-state index is -5.14. The van der Waals surface area contributed by atoms with E-state index in [2.05, 4.69) is 0 Å². The molecule has 0 spiro atoms. The maximum absolute atomic E-state index is 13.1. The van der Waals surface area contributed by atoms with Gasteiger partial charge < -0.3 is 0 Å². The fourth-order valence-corrected chi connectivity index (χ4v) is 1.14. The van der Waals surface area contributed by atoms with E-state index in [9.17, 15) is 35.5 Å². The molecule has 0 saturated heterocycles. The van der Waals surface area contributed by atoms with E-state index >= 15 is 0 Å². The highest BCUT2D eigenvalue weighted by Crippen LogP contribution is 2.30. The number of rotatable bonds is 2. The Morgan fingerprint density at radius 1 is 1.06 bits per heavy atom. The largest absolute Gasteiger partial charge is 0.450 e. The molecule has 100 valence electrons. The van der Waals surface area contributed by atoms with Crippen molar-refractivity contribution in [1.29, 1.82) is 0 Å². The summed E-state index contributed by atoms with van der Waals surface area (Å²) >= 11 is 0. The van der Waals surface area contributed by atoms with Gasteiger partial charge in [-0.3, -0.25) is 4.79 Å². The second-order valence-corrected chi connectivity index (χ2v) is 3.40. The second-order valence-electron chi connectivity index (χ2n) is 3.40. The first kappa shape index (κ1) is 14.5. The first-order valence-corrected chi connectivity index (χ1v) is 4.47. The van der Waals surface area contributed by atoms with Gasteiger partial charge in [0.25, 0.3) is 0 Å². The Hall–Kier alpha value is -1.60. The summed E-state index contributed by atoms with van der Waals surface area (Å²) in [7, 11) is 0. The van der Waals surface area contributed by atoms with Gasteiger partial charge >= 0.3 is 12.4 Å². The van der Waals surface area contributed by atoms with Crippen LogP contribution >= 0.6 is 0 Å². The van der Waals surface area contributed by atoms with Crippen LogP contribution < -0.4 is 0 Å². The molecule has 0 aliphatic rings. The minimum Gasteiger partial charge on any atom is -0.289 e.